The second kappa shape index (κ2) is 10.5. The lowest BCUT2D eigenvalue weighted by Crippen LogP contribution is -2.48. The molecule has 1 aliphatic heterocycles. The third kappa shape index (κ3) is 5.47. The van der Waals surface area contributed by atoms with E-state index in [0.29, 0.717) is 11.7 Å². The van der Waals surface area contributed by atoms with E-state index in [2.05, 4.69) is 49.2 Å². The number of nitrogens with zero attached hydrogens (tertiary/aromatic N) is 3. The van der Waals surface area contributed by atoms with Crippen LogP contribution < -0.4 is 19.8 Å². The Morgan fingerprint density at radius 2 is 2.06 bits per heavy atom. The summed E-state index contributed by atoms with van der Waals surface area (Å²) in [7, 11) is 1.61. The molecule has 0 aliphatic carbocycles. The molecule has 1 N–H and O–H groups in total. The predicted octanol–water partition coefficient (Wildman–Crippen LogP) is 4.63. The number of fused-ring (bicyclic) bond motifs is 1. The van der Waals surface area contributed by atoms with Gasteiger partial charge in [0.1, 0.15) is 5.75 Å². The molecule has 0 saturated carbocycles. The van der Waals surface area contributed by atoms with Gasteiger partial charge in [-0.05, 0) is 50.3 Å². The maximum absolute atomic E-state index is 12.2. The lowest BCUT2D eigenvalue weighted by atomic mass is 9.79. The van der Waals surface area contributed by atoms with Crippen LogP contribution in [0.2, 0.25) is 0 Å². The van der Waals surface area contributed by atoms with Crippen LogP contribution in [0.1, 0.15) is 57.6 Å². The van der Waals surface area contributed by atoms with Gasteiger partial charge in [-0.25, -0.2) is 5.43 Å². The third-order valence-electron chi connectivity index (χ3n) is 6.00. The van der Waals surface area contributed by atoms with Crippen LogP contribution in [0.3, 0.4) is 0 Å². The van der Waals surface area contributed by atoms with E-state index in [1.54, 1.807) is 19.4 Å². The fourth-order valence-corrected chi connectivity index (χ4v) is 4.53. The summed E-state index contributed by atoms with van der Waals surface area (Å²) in [6, 6.07) is 10.0. The maximum Gasteiger partial charge on any atom is 0.310 e. The number of rotatable bonds is 9. The maximum atomic E-state index is 12.2. The Morgan fingerprint density at radius 1 is 1.32 bits per heavy atom. The Morgan fingerprint density at radius 3 is 2.74 bits per heavy atom. The Balaban J connectivity index is 1.73. The molecule has 34 heavy (non-hydrogen) atoms. The Hall–Kier alpha value is -3.62. The largest absolute Gasteiger partial charge is 0.496 e. The van der Waals surface area contributed by atoms with Crippen LogP contribution in [0.5, 0.6) is 11.5 Å². The van der Waals surface area contributed by atoms with Crippen molar-refractivity contribution in [1.82, 2.24) is 5.43 Å². The van der Waals surface area contributed by atoms with E-state index >= 15 is 0 Å². The number of hydrogen-bond acceptors (Lipinski definition) is 7. The number of anilines is 1. The number of nitro benzene ring substituents is 1. The lowest BCUT2D eigenvalue weighted by Gasteiger charge is -2.47. The quantitative estimate of drug-likeness (QED) is 0.327. The van der Waals surface area contributed by atoms with E-state index in [1.807, 2.05) is 6.07 Å². The van der Waals surface area contributed by atoms with Crippen molar-refractivity contribution >= 4 is 23.5 Å². The van der Waals surface area contributed by atoms with Crippen molar-refractivity contribution in [3.8, 4) is 11.5 Å². The standard InChI is InChI=1S/C25H32N4O5/c1-6-11-28-21-13-23(33-5)18(12-19(21)17(2)14-25(28,3)4)15-26-27-24(30)16-34-22-10-8-7-9-20(22)29(31)32/h7-10,12-13,15,17H,6,11,14,16H2,1-5H3,(H,27,30)/b26-15+. The predicted molar refractivity (Wildman–Crippen MR) is 132 cm³/mol. The normalized spacial score (nSPS) is 16.7. The van der Waals surface area contributed by atoms with Crippen LogP contribution >= 0.6 is 0 Å². The van der Waals surface area contributed by atoms with Gasteiger partial charge in [-0.2, -0.15) is 5.10 Å². The number of ether oxygens (including phenoxy) is 2. The van der Waals surface area contributed by atoms with Gasteiger partial charge in [-0.15, -0.1) is 0 Å². The first kappa shape index (κ1) is 25.0. The van der Waals surface area contributed by atoms with Crippen molar-refractivity contribution in [2.24, 2.45) is 5.10 Å². The topological polar surface area (TPSA) is 106 Å². The highest BCUT2D eigenvalue weighted by atomic mass is 16.6. The first-order valence-corrected chi connectivity index (χ1v) is 11.4. The number of hydrogen-bond donors (Lipinski definition) is 1. The molecule has 3 rings (SSSR count). The summed E-state index contributed by atoms with van der Waals surface area (Å²) in [5, 5.41) is 15.1. The fourth-order valence-electron chi connectivity index (χ4n) is 4.53. The van der Waals surface area contributed by atoms with Gasteiger partial charge in [0, 0.05) is 35.5 Å². The molecule has 1 unspecified atom stereocenters. The number of carbonyl (C=O) groups is 1. The van der Waals surface area contributed by atoms with Gasteiger partial charge >= 0.3 is 5.69 Å². The Kier molecular flexibility index (Phi) is 7.75. The summed E-state index contributed by atoms with van der Waals surface area (Å²) in [6.45, 7) is 9.49. The van der Waals surface area contributed by atoms with Crippen molar-refractivity contribution in [3.63, 3.8) is 0 Å². The average molecular weight is 469 g/mol. The number of hydrazone groups is 1. The van der Waals surface area contributed by atoms with E-state index < -0.39 is 17.4 Å². The number of amides is 1. The van der Waals surface area contributed by atoms with Gasteiger partial charge in [0.15, 0.2) is 12.4 Å². The molecular weight excluding hydrogens is 436 g/mol. The zero-order valence-electron chi connectivity index (χ0n) is 20.3. The highest BCUT2D eigenvalue weighted by molar-refractivity contribution is 5.87. The minimum absolute atomic E-state index is 0.0246. The summed E-state index contributed by atoms with van der Waals surface area (Å²) in [5.74, 6) is 0.520. The van der Waals surface area contributed by atoms with E-state index in [1.165, 1.54) is 29.4 Å². The van der Waals surface area contributed by atoms with Gasteiger partial charge in [0.2, 0.25) is 0 Å². The van der Waals surface area contributed by atoms with Gasteiger partial charge in [0.05, 0.1) is 18.2 Å². The molecule has 2 aromatic rings. The fraction of sp³-hybridized carbons (Fsp3) is 0.440. The summed E-state index contributed by atoms with van der Waals surface area (Å²) in [4.78, 5) is 25.1. The molecule has 1 aliphatic rings. The van der Waals surface area contributed by atoms with E-state index in [-0.39, 0.29) is 17.0 Å². The molecule has 1 amide bonds. The summed E-state index contributed by atoms with van der Waals surface area (Å²) in [5.41, 5.74) is 5.39. The van der Waals surface area contributed by atoms with Gasteiger partial charge in [-0.1, -0.05) is 26.0 Å². The second-order valence-electron chi connectivity index (χ2n) is 9.03. The zero-order chi connectivity index (χ0) is 24.9. The van der Waals surface area contributed by atoms with Crippen molar-refractivity contribution in [2.75, 3.05) is 25.2 Å². The Bertz CT molecular complexity index is 1080. The highest BCUT2D eigenvalue weighted by Gasteiger charge is 2.36. The van der Waals surface area contributed by atoms with Crippen molar-refractivity contribution in [2.45, 2.75) is 52.0 Å². The molecule has 0 bridgehead atoms. The van der Waals surface area contributed by atoms with Gasteiger partial charge in [0.25, 0.3) is 5.91 Å². The van der Waals surface area contributed by atoms with Gasteiger partial charge < -0.3 is 14.4 Å². The Labute approximate surface area is 199 Å². The number of para-hydroxylation sites is 2. The molecule has 9 heteroatoms. The number of nitrogens with one attached hydrogen (secondary N) is 1. The number of nitro groups is 1. The minimum atomic E-state index is -0.558. The van der Waals surface area contributed by atoms with Crippen LogP contribution in [0.4, 0.5) is 11.4 Å². The molecule has 1 heterocycles. The minimum Gasteiger partial charge on any atom is -0.496 e. The number of methoxy groups -OCH3 is 1. The molecule has 0 spiro atoms. The van der Waals surface area contributed by atoms with E-state index in [9.17, 15) is 14.9 Å². The highest BCUT2D eigenvalue weighted by Crippen LogP contribution is 2.45. The van der Waals surface area contributed by atoms with Crippen molar-refractivity contribution in [3.05, 3.63) is 57.6 Å². The molecule has 1 atom stereocenters. The average Bonchev–Trinajstić information content (AvgIpc) is 2.80. The van der Waals surface area contributed by atoms with Crippen molar-refractivity contribution in [1.29, 1.82) is 0 Å². The summed E-state index contributed by atoms with van der Waals surface area (Å²) < 4.78 is 10.9. The van der Waals surface area contributed by atoms with E-state index in [4.69, 9.17) is 9.47 Å². The molecular formula is C25H32N4O5. The van der Waals surface area contributed by atoms with Gasteiger partial charge in [-0.3, -0.25) is 14.9 Å². The molecule has 9 nitrogen and oxygen atoms in total. The molecule has 0 fully saturated rings. The summed E-state index contributed by atoms with van der Waals surface area (Å²) >= 11 is 0. The molecule has 2 aromatic carbocycles. The molecule has 0 saturated heterocycles. The second-order valence-corrected chi connectivity index (χ2v) is 9.03. The van der Waals surface area contributed by atoms with Crippen LogP contribution in [-0.4, -0.2) is 42.8 Å². The molecule has 182 valence electrons. The van der Waals surface area contributed by atoms with Crippen LogP contribution in [-0.2, 0) is 4.79 Å². The number of carbonyl (C=O) groups excluding carboxylic acids is 1. The lowest BCUT2D eigenvalue weighted by molar-refractivity contribution is -0.385. The van der Waals surface area contributed by atoms with Crippen LogP contribution in [0.25, 0.3) is 0 Å². The van der Waals surface area contributed by atoms with Crippen LogP contribution in [0.15, 0.2) is 41.5 Å². The molecule has 0 radical (unpaired) electrons. The number of benzene rings is 2. The first-order chi connectivity index (χ1) is 16.2. The summed E-state index contributed by atoms with van der Waals surface area (Å²) in [6.07, 6.45) is 3.62. The SMILES string of the molecule is CCCN1c2cc(OC)c(/C=N/NC(=O)COc3ccccc3[N+](=O)[O-])cc2C(C)CC1(C)C. The molecule has 0 aromatic heterocycles. The van der Waals surface area contributed by atoms with Crippen LogP contribution in [0, 0.1) is 10.1 Å². The first-order valence-electron chi connectivity index (χ1n) is 11.4. The zero-order valence-corrected chi connectivity index (χ0v) is 20.3. The van der Waals surface area contributed by atoms with E-state index in [0.717, 1.165) is 24.9 Å². The monoisotopic (exact) mass is 468 g/mol. The van der Waals surface area contributed by atoms with Crippen molar-refractivity contribution < 1.29 is 19.2 Å². The smallest absolute Gasteiger partial charge is 0.310 e. The third-order valence-corrected chi connectivity index (χ3v) is 6.00.